The molecule has 0 aromatic heterocycles. The molecule has 0 aliphatic carbocycles. The van der Waals surface area contributed by atoms with Crippen molar-refractivity contribution in [2.24, 2.45) is 5.73 Å². The second-order valence-corrected chi connectivity index (χ2v) is 5.82. The molecular weight excluding hydrogens is 312 g/mol. The first kappa shape index (κ1) is 17.3. The Labute approximate surface area is 141 Å². The van der Waals surface area contributed by atoms with Crippen LogP contribution in [0.25, 0.3) is 0 Å². The molecule has 1 atom stereocenters. The highest BCUT2D eigenvalue weighted by Gasteiger charge is 2.06. The number of primary amides is 1. The first-order valence-corrected chi connectivity index (χ1v) is 7.91. The van der Waals surface area contributed by atoms with Gasteiger partial charge in [0.25, 0.3) is 0 Å². The molecule has 1 amide bonds. The molecule has 0 fully saturated rings. The monoisotopic (exact) mass is 332 g/mol. The van der Waals surface area contributed by atoms with Crippen LogP contribution in [-0.4, -0.2) is 18.5 Å². The first-order chi connectivity index (χ1) is 11.0. The van der Waals surface area contributed by atoms with E-state index >= 15 is 0 Å². The van der Waals surface area contributed by atoms with Crippen molar-refractivity contribution in [2.45, 2.75) is 26.0 Å². The summed E-state index contributed by atoms with van der Waals surface area (Å²) in [6, 6.07) is 15.2. The summed E-state index contributed by atoms with van der Waals surface area (Å²) in [6.45, 7) is 2.97. The number of hydrogen-bond acceptors (Lipinski definition) is 3. The zero-order valence-electron chi connectivity index (χ0n) is 13.1. The topological polar surface area (TPSA) is 64.3 Å². The molecule has 0 bridgehead atoms. The minimum atomic E-state index is -0.337. The fourth-order valence-electron chi connectivity index (χ4n) is 2.03. The van der Waals surface area contributed by atoms with Crippen LogP contribution in [0.15, 0.2) is 48.5 Å². The minimum absolute atomic E-state index is 0.308. The summed E-state index contributed by atoms with van der Waals surface area (Å²) in [7, 11) is 0. The van der Waals surface area contributed by atoms with Gasteiger partial charge < -0.3 is 15.8 Å². The molecule has 2 rings (SSSR count). The van der Waals surface area contributed by atoms with E-state index in [-0.39, 0.29) is 11.9 Å². The van der Waals surface area contributed by atoms with Crippen LogP contribution in [0.1, 0.15) is 18.1 Å². The summed E-state index contributed by atoms with van der Waals surface area (Å²) in [5.74, 6) is 0.484. The standard InChI is InChI=1S/C18H21ClN2O2/c1-13(18(20)22)21-11-10-14-4-8-17(9-5-14)23-12-15-2-6-16(19)7-3-15/h2-9,13,21H,10-12H2,1H3,(H2,20,22). The minimum Gasteiger partial charge on any atom is -0.489 e. The molecule has 5 heteroatoms. The predicted octanol–water partition coefficient (Wildman–Crippen LogP) is 2.92. The molecule has 4 nitrogen and oxygen atoms in total. The van der Waals surface area contributed by atoms with Crippen molar-refractivity contribution in [3.63, 3.8) is 0 Å². The Morgan fingerprint density at radius 1 is 1.13 bits per heavy atom. The van der Waals surface area contributed by atoms with E-state index in [2.05, 4.69) is 5.32 Å². The van der Waals surface area contributed by atoms with Gasteiger partial charge >= 0.3 is 0 Å². The molecule has 2 aromatic carbocycles. The van der Waals surface area contributed by atoms with Crippen LogP contribution in [0.5, 0.6) is 5.75 Å². The summed E-state index contributed by atoms with van der Waals surface area (Å²) in [5.41, 5.74) is 7.45. The van der Waals surface area contributed by atoms with Crippen molar-refractivity contribution in [3.8, 4) is 5.75 Å². The van der Waals surface area contributed by atoms with Gasteiger partial charge in [-0.3, -0.25) is 4.79 Å². The zero-order valence-corrected chi connectivity index (χ0v) is 13.8. The number of rotatable bonds is 8. The summed E-state index contributed by atoms with van der Waals surface area (Å²) in [4.78, 5) is 10.9. The highest BCUT2D eigenvalue weighted by Crippen LogP contribution is 2.16. The highest BCUT2D eigenvalue weighted by molar-refractivity contribution is 6.30. The molecular formula is C18H21ClN2O2. The van der Waals surface area contributed by atoms with E-state index in [0.29, 0.717) is 13.2 Å². The molecule has 2 aromatic rings. The maximum atomic E-state index is 10.9. The third-order valence-corrected chi connectivity index (χ3v) is 3.79. The zero-order chi connectivity index (χ0) is 16.7. The lowest BCUT2D eigenvalue weighted by Gasteiger charge is -2.10. The van der Waals surface area contributed by atoms with E-state index in [1.165, 1.54) is 5.56 Å². The fourth-order valence-corrected chi connectivity index (χ4v) is 2.16. The van der Waals surface area contributed by atoms with Gasteiger partial charge in [-0.2, -0.15) is 0 Å². The molecule has 0 spiro atoms. The second kappa shape index (κ2) is 8.56. The van der Waals surface area contributed by atoms with E-state index in [1.54, 1.807) is 6.92 Å². The summed E-state index contributed by atoms with van der Waals surface area (Å²) in [5, 5.41) is 3.80. The van der Waals surface area contributed by atoms with Crippen LogP contribution in [-0.2, 0) is 17.8 Å². The van der Waals surface area contributed by atoms with E-state index < -0.39 is 0 Å². The van der Waals surface area contributed by atoms with Crippen LogP contribution in [0, 0.1) is 0 Å². The molecule has 0 saturated heterocycles. The van der Waals surface area contributed by atoms with Gasteiger partial charge in [-0.05, 0) is 55.3 Å². The number of nitrogens with one attached hydrogen (secondary N) is 1. The average molecular weight is 333 g/mol. The Hall–Kier alpha value is -2.04. The van der Waals surface area contributed by atoms with Crippen molar-refractivity contribution < 1.29 is 9.53 Å². The lowest BCUT2D eigenvalue weighted by Crippen LogP contribution is -2.39. The number of carbonyl (C=O) groups excluding carboxylic acids is 1. The van der Waals surface area contributed by atoms with E-state index in [4.69, 9.17) is 22.1 Å². The quantitative estimate of drug-likeness (QED) is 0.781. The summed E-state index contributed by atoms with van der Waals surface area (Å²) >= 11 is 5.85. The van der Waals surface area contributed by atoms with E-state index in [1.807, 2.05) is 48.5 Å². The van der Waals surface area contributed by atoms with Gasteiger partial charge in [0.15, 0.2) is 0 Å². The summed E-state index contributed by atoms with van der Waals surface area (Å²) < 4.78 is 5.74. The van der Waals surface area contributed by atoms with Gasteiger partial charge in [0.2, 0.25) is 5.91 Å². The number of nitrogens with two attached hydrogens (primary N) is 1. The summed E-state index contributed by atoms with van der Waals surface area (Å²) in [6.07, 6.45) is 0.828. The molecule has 3 N–H and O–H groups in total. The van der Waals surface area contributed by atoms with Crippen molar-refractivity contribution >= 4 is 17.5 Å². The lowest BCUT2D eigenvalue weighted by atomic mass is 10.1. The molecule has 0 aliphatic rings. The van der Waals surface area contributed by atoms with Gasteiger partial charge in [0, 0.05) is 5.02 Å². The third kappa shape index (κ3) is 5.93. The Morgan fingerprint density at radius 2 is 1.74 bits per heavy atom. The van der Waals surface area contributed by atoms with E-state index in [0.717, 1.165) is 22.8 Å². The van der Waals surface area contributed by atoms with Crippen LogP contribution >= 0.6 is 11.6 Å². The molecule has 0 heterocycles. The average Bonchev–Trinajstić information content (AvgIpc) is 2.55. The third-order valence-electron chi connectivity index (χ3n) is 3.53. The maximum Gasteiger partial charge on any atom is 0.234 e. The number of benzene rings is 2. The molecule has 122 valence electrons. The molecule has 0 aliphatic heterocycles. The lowest BCUT2D eigenvalue weighted by molar-refractivity contribution is -0.119. The Morgan fingerprint density at radius 3 is 2.35 bits per heavy atom. The smallest absolute Gasteiger partial charge is 0.234 e. The Bertz CT molecular complexity index is 626. The first-order valence-electron chi connectivity index (χ1n) is 7.53. The van der Waals surface area contributed by atoms with Crippen LogP contribution in [0.4, 0.5) is 0 Å². The Kier molecular flexibility index (Phi) is 6.44. The van der Waals surface area contributed by atoms with Crippen molar-refractivity contribution in [3.05, 3.63) is 64.7 Å². The van der Waals surface area contributed by atoms with Gasteiger partial charge in [0.05, 0.1) is 6.04 Å². The van der Waals surface area contributed by atoms with Crippen molar-refractivity contribution in [2.75, 3.05) is 6.54 Å². The SMILES string of the molecule is CC(NCCc1ccc(OCc2ccc(Cl)cc2)cc1)C(N)=O. The van der Waals surface area contributed by atoms with Crippen molar-refractivity contribution in [1.29, 1.82) is 0 Å². The number of halogens is 1. The number of carbonyl (C=O) groups is 1. The molecule has 0 radical (unpaired) electrons. The second-order valence-electron chi connectivity index (χ2n) is 5.39. The number of hydrogen-bond donors (Lipinski definition) is 2. The number of ether oxygens (including phenoxy) is 1. The van der Waals surface area contributed by atoms with E-state index in [9.17, 15) is 4.79 Å². The van der Waals surface area contributed by atoms with Crippen LogP contribution in [0.2, 0.25) is 5.02 Å². The molecule has 1 unspecified atom stereocenters. The van der Waals surface area contributed by atoms with Crippen molar-refractivity contribution in [1.82, 2.24) is 5.32 Å². The fraction of sp³-hybridized carbons (Fsp3) is 0.278. The highest BCUT2D eigenvalue weighted by atomic mass is 35.5. The molecule has 0 saturated carbocycles. The van der Waals surface area contributed by atoms with Gasteiger partial charge in [0.1, 0.15) is 12.4 Å². The van der Waals surface area contributed by atoms with Crippen LogP contribution in [0.3, 0.4) is 0 Å². The van der Waals surface area contributed by atoms with Gasteiger partial charge in [-0.15, -0.1) is 0 Å². The largest absolute Gasteiger partial charge is 0.489 e. The number of amides is 1. The van der Waals surface area contributed by atoms with Gasteiger partial charge in [-0.25, -0.2) is 0 Å². The normalized spacial score (nSPS) is 11.9. The predicted molar refractivity (Wildman–Crippen MR) is 92.6 cm³/mol. The van der Waals surface area contributed by atoms with Gasteiger partial charge in [-0.1, -0.05) is 35.9 Å². The maximum absolute atomic E-state index is 10.9. The van der Waals surface area contributed by atoms with Crippen LogP contribution < -0.4 is 15.8 Å². The Balaban J connectivity index is 1.77. The molecule has 23 heavy (non-hydrogen) atoms.